The molecule has 1 aliphatic rings. The van der Waals surface area contributed by atoms with Crippen LogP contribution in [0.1, 0.15) is 18.4 Å². The molecular weight excluding hydrogens is 432 g/mol. The molecule has 3 aromatic rings. The Hall–Kier alpha value is -2.68. The first-order valence-electron chi connectivity index (χ1n) is 10.1. The third-order valence-corrected chi connectivity index (χ3v) is 8.53. The Bertz CT molecular complexity index is 1130. The first kappa shape index (κ1) is 21.5. The van der Waals surface area contributed by atoms with Crippen LogP contribution in [0.3, 0.4) is 0 Å². The van der Waals surface area contributed by atoms with Gasteiger partial charge in [0.1, 0.15) is 15.7 Å². The maximum absolute atomic E-state index is 12.7. The smallest absolute Gasteiger partial charge is 0.252 e. The van der Waals surface area contributed by atoms with Crippen LogP contribution in [0.25, 0.3) is 0 Å². The fraction of sp³-hybridized carbons (Fsp3) is 0.261. The third kappa shape index (κ3) is 5.15. The molecule has 0 spiro atoms. The van der Waals surface area contributed by atoms with Gasteiger partial charge in [-0.25, -0.2) is 8.42 Å². The number of carbonyl (C=O) groups is 1. The molecule has 0 bridgehead atoms. The molecule has 1 amide bonds. The van der Waals surface area contributed by atoms with Crippen LogP contribution in [0.2, 0.25) is 0 Å². The summed E-state index contributed by atoms with van der Waals surface area (Å²) in [4.78, 5) is 12.7. The van der Waals surface area contributed by atoms with Gasteiger partial charge in [0.2, 0.25) is 5.91 Å². The van der Waals surface area contributed by atoms with Crippen molar-refractivity contribution < 1.29 is 17.9 Å². The summed E-state index contributed by atoms with van der Waals surface area (Å²) < 4.78 is 32.9. The van der Waals surface area contributed by atoms with Gasteiger partial charge in [-0.3, -0.25) is 4.79 Å². The molecule has 2 heterocycles. The highest BCUT2D eigenvalue weighted by Gasteiger charge is 2.32. The van der Waals surface area contributed by atoms with Gasteiger partial charge in [-0.15, -0.1) is 11.3 Å². The molecule has 1 saturated heterocycles. The molecule has 31 heavy (non-hydrogen) atoms. The second-order valence-electron chi connectivity index (χ2n) is 7.54. The van der Waals surface area contributed by atoms with Crippen molar-refractivity contribution in [3.8, 4) is 11.5 Å². The van der Waals surface area contributed by atoms with Crippen molar-refractivity contribution >= 4 is 33.0 Å². The predicted octanol–water partition coefficient (Wildman–Crippen LogP) is 4.89. The number of piperidine rings is 1. The van der Waals surface area contributed by atoms with E-state index in [9.17, 15) is 13.2 Å². The van der Waals surface area contributed by atoms with Crippen LogP contribution in [0.5, 0.6) is 11.5 Å². The van der Waals surface area contributed by atoms with Crippen LogP contribution in [0.4, 0.5) is 5.69 Å². The number of hydrogen-bond acceptors (Lipinski definition) is 5. The summed E-state index contributed by atoms with van der Waals surface area (Å²) in [7, 11) is -3.45. The van der Waals surface area contributed by atoms with Crippen LogP contribution in [-0.4, -0.2) is 31.7 Å². The number of thiophene rings is 1. The van der Waals surface area contributed by atoms with Crippen LogP contribution in [0.15, 0.2) is 70.3 Å². The highest BCUT2D eigenvalue weighted by molar-refractivity contribution is 7.91. The Balaban J connectivity index is 1.31. The second-order valence-corrected chi connectivity index (χ2v) is 10.7. The lowest BCUT2D eigenvalue weighted by molar-refractivity contribution is -0.120. The average molecular weight is 457 g/mol. The van der Waals surface area contributed by atoms with Gasteiger partial charge in [0.15, 0.2) is 0 Å². The van der Waals surface area contributed by atoms with E-state index >= 15 is 0 Å². The van der Waals surface area contributed by atoms with Crippen molar-refractivity contribution in [1.82, 2.24) is 4.31 Å². The van der Waals surface area contributed by atoms with Crippen LogP contribution >= 0.6 is 11.3 Å². The molecule has 1 fully saturated rings. The molecule has 0 aliphatic carbocycles. The Morgan fingerprint density at radius 1 is 1.03 bits per heavy atom. The van der Waals surface area contributed by atoms with E-state index in [2.05, 4.69) is 5.32 Å². The summed E-state index contributed by atoms with van der Waals surface area (Å²) in [5.74, 6) is 1.16. The number of nitrogens with one attached hydrogen (secondary N) is 1. The van der Waals surface area contributed by atoms with Gasteiger partial charge >= 0.3 is 0 Å². The topological polar surface area (TPSA) is 75.7 Å². The number of nitrogens with zero attached hydrogens (tertiary/aromatic N) is 1. The minimum absolute atomic E-state index is 0.0828. The van der Waals surface area contributed by atoms with Crippen LogP contribution in [-0.2, 0) is 14.8 Å². The summed E-state index contributed by atoms with van der Waals surface area (Å²) in [6.45, 7) is 2.71. The van der Waals surface area contributed by atoms with E-state index in [1.165, 1.54) is 15.6 Å². The summed E-state index contributed by atoms with van der Waals surface area (Å²) in [6, 6.07) is 18.4. The number of aryl methyl sites for hydroxylation is 1. The monoisotopic (exact) mass is 456 g/mol. The number of ether oxygens (including phenoxy) is 1. The molecule has 0 atom stereocenters. The number of sulfonamides is 1. The summed E-state index contributed by atoms with van der Waals surface area (Å²) in [6.07, 6.45) is 1.01. The lowest BCUT2D eigenvalue weighted by Crippen LogP contribution is -2.41. The van der Waals surface area contributed by atoms with Crippen molar-refractivity contribution in [2.75, 3.05) is 18.4 Å². The number of amides is 1. The fourth-order valence-corrected chi connectivity index (χ4v) is 6.18. The van der Waals surface area contributed by atoms with Crippen molar-refractivity contribution in [3.05, 3.63) is 71.6 Å². The fourth-order valence-electron chi connectivity index (χ4n) is 3.56. The minimum Gasteiger partial charge on any atom is -0.457 e. The third-order valence-electron chi connectivity index (χ3n) is 5.26. The molecule has 1 aliphatic heterocycles. The summed E-state index contributed by atoms with van der Waals surface area (Å²) in [5.41, 5.74) is 1.81. The lowest BCUT2D eigenvalue weighted by atomic mass is 9.97. The lowest BCUT2D eigenvalue weighted by Gasteiger charge is -2.30. The molecule has 1 aromatic heterocycles. The molecule has 2 aromatic carbocycles. The quantitative estimate of drug-likeness (QED) is 0.573. The van der Waals surface area contributed by atoms with Gasteiger partial charge in [-0.1, -0.05) is 18.2 Å². The standard InChI is InChI=1S/C23H24N2O4S2/c1-17-4-2-5-21(16-17)29-20-9-7-19(8-10-20)24-23(26)18-11-13-25(14-12-18)31(27,28)22-6-3-15-30-22/h2-10,15-16,18H,11-14H2,1H3,(H,24,26). The molecule has 162 valence electrons. The number of hydrogen-bond donors (Lipinski definition) is 1. The number of carbonyl (C=O) groups excluding carboxylic acids is 1. The minimum atomic E-state index is -3.45. The predicted molar refractivity (Wildman–Crippen MR) is 122 cm³/mol. The Morgan fingerprint density at radius 3 is 2.42 bits per heavy atom. The largest absolute Gasteiger partial charge is 0.457 e. The van der Waals surface area contributed by atoms with E-state index in [1.54, 1.807) is 29.6 Å². The SMILES string of the molecule is Cc1cccc(Oc2ccc(NC(=O)C3CCN(S(=O)(=O)c4cccs4)CC3)cc2)c1. The Kier molecular flexibility index (Phi) is 6.41. The number of anilines is 1. The number of rotatable bonds is 6. The second kappa shape index (κ2) is 9.21. The molecule has 0 radical (unpaired) electrons. The van der Waals surface area contributed by atoms with Crippen molar-refractivity contribution in [3.63, 3.8) is 0 Å². The summed E-state index contributed by atoms with van der Waals surface area (Å²) in [5, 5.41) is 4.69. The normalized spacial score (nSPS) is 15.5. The van der Waals surface area contributed by atoms with Crippen molar-refractivity contribution in [2.45, 2.75) is 24.0 Å². The van der Waals surface area contributed by atoms with Crippen molar-refractivity contribution in [2.24, 2.45) is 5.92 Å². The molecule has 8 heteroatoms. The van der Waals surface area contributed by atoms with Crippen molar-refractivity contribution in [1.29, 1.82) is 0 Å². The Morgan fingerprint density at radius 2 is 1.77 bits per heavy atom. The van der Waals surface area contributed by atoms with E-state index in [0.29, 0.717) is 41.6 Å². The van der Waals surface area contributed by atoms with E-state index in [4.69, 9.17) is 4.74 Å². The molecule has 0 unspecified atom stereocenters. The highest BCUT2D eigenvalue weighted by Crippen LogP contribution is 2.28. The maximum atomic E-state index is 12.7. The van der Waals surface area contributed by atoms with Crippen LogP contribution < -0.4 is 10.1 Å². The first-order valence-corrected chi connectivity index (χ1v) is 12.4. The summed E-state index contributed by atoms with van der Waals surface area (Å²) >= 11 is 1.22. The van der Waals surface area contributed by atoms with E-state index in [0.717, 1.165) is 11.3 Å². The molecule has 0 saturated carbocycles. The Labute approximate surface area is 186 Å². The van der Waals surface area contributed by atoms with Gasteiger partial charge in [0, 0.05) is 24.7 Å². The highest BCUT2D eigenvalue weighted by atomic mass is 32.2. The van der Waals surface area contributed by atoms with Crippen LogP contribution in [0, 0.1) is 12.8 Å². The average Bonchev–Trinajstić information content (AvgIpc) is 3.31. The first-order chi connectivity index (χ1) is 14.9. The molecule has 1 N–H and O–H groups in total. The van der Waals surface area contributed by atoms with Gasteiger partial charge in [-0.2, -0.15) is 4.31 Å². The van der Waals surface area contributed by atoms with E-state index < -0.39 is 10.0 Å². The van der Waals surface area contributed by atoms with Gasteiger partial charge in [0.05, 0.1) is 0 Å². The van der Waals surface area contributed by atoms with Gasteiger partial charge in [-0.05, 0) is 73.2 Å². The van der Waals surface area contributed by atoms with Gasteiger partial charge in [0.25, 0.3) is 10.0 Å². The van der Waals surface area contributed by atoms with E-state index in [-0.39, 0.29) is 11.8 Å². The molecule has 6 nitrogen and oxygen atoms in total. The van der Waals surface area contributed by atoms with Gasteiger partial charge < -0.3 is 10.1 Å². The number of benzene rings is 2. The maximum Gasteiger partial charge on any atom is 0.252 e. The zero-order valence-electron chi connectivity index (χ0n) is 17.2. The van der Waals surface area contributed by atoms with E-state index in [1.807, 2.05) is 43.3 Å². The zero-order valence-corrected chi connectivity index (χ0v) is 18.8. The zero-order chi connectivity index (χ0) is 21.8. The molecule has 4 rings (SSSR count). The molecular formula is C23H24N2O4S2.